The van der Waals surface area contributed by atoms with E-state index in [9.17, 15) is 14.4 Å². The standard InChI is InChI=1S/C18H15N3O3S/c1-3-5-11-9-13(22)21-14-15(25-18(21)19-11)17(24)20(16(14)23)12-7-4-6-10(2)8-12/h4,6-9H,3,5H2,1-2H3. The Labute approximate surface area is 147 Å². The number of carbonyl (C=O) groups excluding carboxylic acids is 2. The van der Waals surface area contributed by atoms with Gasteiger partial charge in [-0.25, -0.2) is 14.3 Å². The molecule has 4 rings (SSSR count). The van der Waals surface area contributed by atoms with E-state index in [2.05, 4.69) is 4.98 Å². The Morgan fingerprint density at radius 3 is 2.64 bits per heavy atom. The molecule has 3 heterocycles. The van der Waals surface area contributed by atoms with Gasteiger partial charge >= 0.3 is 0 Å². The molecule has 0 saturated heterocycles. The fraction of sp³-hybridized carbons (Fsp3) is 0.222. The normalized spacial score (nSPS) is 13.8. The number of aryl methyl sites for hydroxylation is 2. The molecule has 1 aromatic carbocycles. The summed E-state index contributed by atoms with van der Waals surface area (Å²) in [6, 6.07) is 8.61. The van der Waals surface area contributed by atoms with Gasteiger partial charge in [-0.05, 0) is 31.0 Å². The molecule has 2 amide bonds. The van der Waals surface area contributed by atoms with Gasteiger partial charge in [-0.15, -0.1) is 0 Å². The van der Waals surface area contributed by atoms with Gasteiger partial charge in [0.2, 0.25) is 0 Å². The topological polar surface area (TPSA) is 71.8 Å². The Morgan fingerprint density at radius 1 is 1.12 bits per heavy atom. The Morgan fingerprint density at radius 2 is 1.92 bits per heavy atom. The summed E-state index contributed by atoms with van der Waals surface area (Å²) < 4.78 is 1.26. The highest BCUT2D eigenvalue weighted by Gasteiger charge is 2.41. The van der Waals surface area contributed by atoms with Crippen LogP contribution < -0.4 is 10.5 Å². The number of rotatable bonds is 3. The van der Waals surface area contributed by atoms with Crippen LogP contribution in [0, 0.1) is 6.92 Å². The van der Waals surface area contributed by atoms with Crippen molar-refractivity contribution >= 4 is 33.8 Å². The van der Waals surface area contributed by atoms with Gasteiger partial charge in [-0.3, -0.25) is 14.4 Å². The number of amides is 2. The smallest absolute Gasteiger partial charge is 0.269 e. The molecule has 0 unspecified atom stereocenters. The summed E-state index contributed by atoms with van der Waals surface area (Å²) in [5, 5.41) is 0. The maximum absolute atomic E-state index is 12.9. The summed E-state index contributed by atoms with van der Waals surface area (Å²) in [5.74, 6) is -0.887. The molecule has 0 fully saturated rings. The molecular weight excluding hydrogens is 338 g/mol. The van der Waals surface area contributed by atoms with Crippen LogP contribution in [0.3, 0.4) is 0 Å². The predicted octanol–water partition coefficient (Wildman–Crippen LogP) is 2.82. The first-order valence-corrected chi connectivity index (χ1v) is 8.84. The van der Waals surface area contributed by atoms with Crippen LogP contribution in [-0.4, -0.2) is 21.2 Å². The number of carbonyl (C=O) groups is 2. The van der Waals surface area contributed by atoms with Crippen molar-refractivity contribution in [2.24, 2.45) is 0 Å². The van der Waals surface area contributed by atoms with Crippen molar-refractivity contribution in [1.82, 2.24) is 9.38 Å². The third-order valence-electron chi connectivity index (χ3n) is 4.14. The first kappa shape index (κ1) is 15.7. The van der Waals surface area contributed by atoms with Crippen LogP contribution in [0.15, 0.2) is 35.1 Å². The number of fused-ring (bicyclic) bond motifs is 3. The highest BCUT2D eigenvalue weighted by atomic mass is 32.1. The van der Waals surface area contributed by atoms with Crippen LogP contribution >= 0.6 is 11.3 Å². The second-order valence-corrected chi connectivity index (χ2v) is 7.00. The molecule has 1 aliphatic heterocycles. The molecule has 0 bridgehead atoms. The Balaban J connectivity index is 1.89. The maximum atomic E-state index is 12.9. The van der Waals surface area contributed by atoms with Crippen molar-refractivity contribution in [2.45, 2.75) is 26.7 Å². The number of thiazole rings is 1. The molecule has 6 nitrogen and oxygen atoms in total. The van der Waals surface area contributed by atoms with Crippen LogP contribution in [-0.2, 0) is 6.42 Å². The van der Waals surface area contributed by atoms with Gasteiger partial charge in [0.15, 0.2) is 4.96 Å². The second-order valence-electron chi connectivity index (χ2n) is 6.02. The Kier molecular flexibility index (Phi) is 3.54. The van der Waals surface area contributed by atoms with E-state index in [-0.39, 0.29) is 16.1 Å². The molecule has 1 aliphatic rings. The van der Waals surface area contributed by atoms with Crippen molar-refractivity contribution in [3.8, 4) is 0 Å². The molecule has 2 aromatic heterocycles. The van der Waals surface area contributed by atoms with Gasteiger partial charge in [-0.2, -0.15) is 0 Å². The molecule has 3 aromatic rings. The van der Waals surface area contributed by atoms with Gasteiger partial charge in [0.1, 0.15) is 10.6 Å². The summed E-state index contributed by atoms with van der Waals surface area (Å²) in [7, 11) is 0. The third kappa shape index (κ3) is 2.31. The van der Waals surface area contributed by atoms with E-state index in [0.29, 0.717) is 22.8 Å². The number of aromatic nitrogens is 2. The maximum Gasteiger partial charge on any atom is 0.284 e. The molecule has 0 spiro atoms. The van der Waals surface area contributed by atoms with Crippen LogP contribution in [0.4, 0.5) is 5.69 Å². The number of anilines is 1. The number of nitrogens with zero attached hydrogens (tertiary/aromatic N) is 3. The summed E-state index contributed by atoms with van der Waals surface area (Å²) in [6.45, 7) is 3.90. The summed E-state index contributed by atoms with van der Waals surface area (Å²) in [6.07, 6.45) is 1.55. The lowest BCUT2D eigenvalue weighted by Crippen LogP contribution is -2.31. The van der Waals surface area contributed by atoms with Gasteiger partial charge in [0, 0.05) is 11.8 Å². The minimum Gasteiger partial charge on any atom is -0.269 e. The third-order valence-corrected chi connectivity index (χ3v) is 5.17. The lowest BCUT2D eigenvalue weighted by atomic mass is 10.2. The van der Waals surface area contributed by atoms with Gasteiger partial charge < -0.3 is 0 Å². The fourth-order valence-electron chi connectivity index (χ4n) is 3.05. The zero-order valence-corrected chi connectivity index (χ0v) is 14.6. The van der Waals surface area contributed by atoms with Crippen LogP contribution in [0.5, 0.6) is 0 Å². The lowest BCUT2D eigenvalue weighted by molar-refractivity contribution is 0.0925. The average Bonchev–Trinajstić information content (AvgIpc) is 3.05. The van der Waals surface area contributed by atoms with Crippen molar-refractivity contribution in [3.05, 3.63) is 62.5 Å². The van der Waals surface area contributed by atoms with Crippen molar-refractivity contribution in [1.29, 1.82) is 0 Å². The van der Waals surface area contributed by atoms with E-state index in [0.717, 1.165) is 28.2 Å². The highest BCUT2D eigenvalue weighted by molar-refractivity contribution is 7.19. The van der Waals surface area contributed by atoms with Crippen LogP contribution in [0.25, 0.3) is 4.96 Å². The molecule has 0 aliphatic carbocycles. The lowest BCUT2D eigenvalue weighted by Gasteiger charge is -2.14. The molecule has 0 atom stereocenters. The minimum atomic E-state index is -0.482. The van der Waals surface area contributed by atoms with Crippen molar-refractivity contribution < 1.29 is 9.59 Å². The summed E-state index contributed by atoms with van der Waals surface area (Å²) in [5.41, 5.74) is 1.93. The highest BCUT2D eigenvalue weighted by Crippen LogP contribution is 2.33. The van der Waals surface area contributed by atoms with E-state index < -0.39 is 11.8 Å². The monoisotopic (exact) mass is 353 g/mol. The summed E-state index contributed by atoms with van der Waals surface area (Å²) in [4.78, 5) is 44.4. The molecule has 126 valence electrons. The van der Waals surface area contributed by atoms with E-state index in [1.165, 1.54) is 10.5 Å². The zero-order chi connectivity index (χ0) is 17.7. The molecular formula is C18H15N3O3S. The first-order chi connectivity index (χ1) is 12.0. The fourth-order valence-corrected chi connectivity index (χ4v) is 4.12. The SMILES string of the molecule is CCCc1cc(=O)n2c3c(sc2n1)C(=O)N(c1cccc(C)c1)C3=O. The van der Waals surface area contributed by atoms with Crippen molar-refractivity contribution in [3.63, 3.8) is 0 Å². The number of benzene rings is 1. The Hall–Kier alpha value is -2.80. The zero-order valence-electron chi connectivity index (χ0n) is 13.8. The van der Waals surface area contributed by atoms with Gasteiger partial charge in [-0.1, -0.05) is 36.8 Å². The number of hydrogen-bond donors (Lipinski definition) is 0. The van der Waals surface area contributed by atoms with E-state index in [4.69, 9.17) is 0 Å². The van der Waals surface area contributed by atoms with Gasteiger partial charge in [0.05, 0.1) is 5.69 Å². The summed E-state index contributed by atoms with van der Waals surface area (Å²) >= 11 is 1.09. The number of hydrogen-bond acceptors (Lipinski definition) is 5. The second kappa shape index (κ2) is 5.63. The Bertz CT molecular complexity index is 1100. The molecule has 0 radical (unpaired) electrons. The van der Waals surface area contributed by atoms with E-state index >= 15 is 0 Å². The number of imide groups is 1. The molecule has 0 saturated carbocycles. The molecule has 7 heteroatoms. The average molecular weight is 353 g/mol. The largest absolute Gasteiger partial charge is 0.284 e. The van der Waals surface area contributed by atoms with E-state index in [1.54, 1.807) is 18.2 Å². The minimum absolute atomic E-state index is 0.118. The quantitative estimate of drug-likeness (QED) is 0.679. The van der Waals surface area contributed by atoms with Crippen LogP contribution in [0.2, 0.25) is 0 Å². The first-order valence-electron chi connectivity index (χ1n) is 8.02. The molecule has 25 heavy (non-hydrogen) atoms. The van der Waals surface area contributed by atoms with Crippen molar-refractivity contribution in [2.75, 3.05) is 4.90 Å². The van der Waals surface area contributed by atoms with Crippen LogP contribution in [0.1, 0.15) is 44.8 Å². The van der Waals surface area contributed by atoms with Gasteiger partial charge in [0.25, 0.3) is 17.4 Å². The molecule has 0 N–H and O–H groups in total. The van der Waals surface area contributed by atoms with E-state index in [1.807, 2.05) is 19.9 Å². The predicted molar refractivity (Wildman–Crippen MR) is 95.7 cm³/mol.